The monoisotopic (exact) mass is 216 g/mol. The predicted molar refractivity (Wildman–Crippen MR) is 63.9 cm³/mol. The highest BCUT2D eigenvalue weighted by atomic mass is 16.1. The van der Waals surface area contributed by atoms with Crippen LogP contribution in [0, 0.1) is 0 Å². The standard InChI is InChI=1S/C13H16N2O/c16-8-7-15-12-4-2-1-3-10(12)11-9-14-6-5-13(11)15/h1-4,8,11,13-14H,5-7,9H2/t11-,13-/m0/s1. The summed E-state index contributed by atoms with van der Waals surface area (Å²) in [4.78, 5) is 13.1. The van der Waals surface area contributed by atoms with Crippen LogP contribution in [-0.2, 0) is 4.79 Å². The van der Waals surface area contributed by atoms with E-state index in [-0.39, 0.29) is 0 Å². The Bertz CT molecular complexity index is 405. The highest BCUT2D eigenvalue weighted by Crippen LogP contribution is 2.42. The van der Waals surface area contributed by atoms with Gasteiger partial charge in [-0.05, 0) is 24.6 Å². The fourth-order valence-corrected chi connectivity index (χ4v) is 3.09. The molecule has 2 heterocycles. The van der Waals surface area contributed by atoms with E-state index in [2.05, 4.69) is 34.5 Å². The van der Waals surface area contributed by atoms with Crippen LogP contribution in [0.1, 0.15) is 17.9 Å². The summed E-state index contributed by atoms with van der Waals surface area (Å²) in [5, 5.41) is 3.44. The molecular formula is C13H16N2O. The Kier molecular flexibility index (Phi) is 2.40. The molecule has 3 rings (SSSR count). The Morgan fingerprint density at radius 1 is 1.44 bits per heavy atom. The summed E-state index contributed by atoms with van der Waals surface area (Å²) in [7, 11) is 0. The molecule has 1 aromatic carbocycles. The van der Waals surface area contributed by atoms with Crippen molar-refractivity contribution in [2.45, 2.75) is 18.4 Å². The number of nitrogens with one attached hydrogen (secondary N) is 1. The van der Waals surface area contributed by atoms with E-state index in [4.69, 9.17) is 0 Å². The van der Waals surface area contributed by atoms with E-state index in [9.17, 15) is 4.79 Å². The van der Waals surface area contributed by atoms with Gasteiger partial charge in [0.25, 0.3) is 0 Å². The molecule has 0 saturated carbocycles. The van der Waals surface area contributed by atoms with Crippen LogP contribution >= 0.6 is 0 Å². The van der Waals surface area contributed by atoms with E-state index in [1.54, 1.807) is 0 Å². The third-order valence-corrected chi connectivity index (χ3v) is 3.76. The number of carbonyl (C=O) groups excluding carboxylic acids is 1. The van der Waals surface area contributed by atoms with E-state index in [0.717, 1.165) is 25.8 Å². The van der Waals surface area contributed by atoms with Crippen LogP contribution in [0.2, 0.25) is 0 Å². The summed E-state index contributed by atoms with van der Waals surface area (Å²) < 4.78 is 0. The zero-order valence-corrected chi connectivity index (χ0v) is 9.23. The molecule has 1 N–H and O–H groups in total. The number of hydrogen-bond acceptors (Lipinski definition) is 3. The van der Waals surface area contributed by atoms with Crippen molar-refractivity contribution in [1.29, 1.82) is 0 Å². The van der Waals surface area contributed by atoms with Gasteiger partial charge in [-0.3, -0.25) is 0 Å². The van der Waals surface area contributed by atoms with Gasteiger partial charge in [0.15, 0.2) is 0 Å². The van der Waals surface area contributed by atoms with Gasteiger partial charge in [-0.2, -0.15) is 0 Å². The van der Waals surface area contributed by atoms with Crippen molar-refractivity contribution < 1.29 is 4.79 Å². The highest BCUT2D eigenvalue weighted by molar-refractivity contribution is 5.69. The second kappa shape index (κ2) is 3.91. The number of carbonyl (C=O) groups is 1. The summed E-state index contributed by atoms with van der Waals surface area (Å²) >= 11 is 0. The average Bonchev–Trinajstić information content (AvgIpc) is 2.66. The number of anilines is 1. The van der Waals surface area contributed by atoms with Crippen LogP contribution in [0.3, 0.4) is 0 Å². The van der Waals surface area contributed by atoms with Gasteiger partial charge in [-0.15, -0.1) is 0 Å². The summed E-state index contributed by atoms with van der Waals surface area (Å²) in [6.45, 7) is 2.62. The molecule has 0 aliphatic carbocycles. The van der Waals surface area contributed by atoms with Gasteiger partial charge in [-0.1, -0.05) is 18.2 Å². The van der Waals surface area contributed by atoms with Crippen LogP contribution in [-0.4, -0.2) is 32.0 Å². The molecule has 0 spiro atoms. The number of aldehydes is 1. The van der Waals surface area contributed by atoms with E-state index in [1.165, 1.54) is 11.3 Å². The minimum atomic E-state index is 0.517. The summed E-state index contributed by atoms with van der Waals surface area (Å²) in [6, 6.07) is 9.00. The van der Waals surface area contributed by atoms with Crippen molar-refractivity contribution in [2.75, 3.05) is 24.5 Å². The fourth-order valence-electron chi connectivity index (χ4n) is 3.09. The molecule has 0 bridgehead atoms. The Labute approximate surface area is 95.4 Å². The first-order valence-corrected chi connectivity index (χ1v) is 5.91. The molecule has 1 fully saturated rings. The molecule has 0 aromatic heterocycles. The topological polar surface area (TPSA) is 32.3 Å². The molecule has 0 unspecified atom stereocenters. The van der Waals surface area contributed by atoms with Crippen LogP contribution in [0.4, 0.5) is 5.69 Å². The van der Waals surface area contributed by atoms with Gasteiger partial charge >= 0.3 is 0 Å². The number of nitrogens with zero attached hydrogens (tertiary/aromatic N) is 1. The number of fused-ring (bicyclic) bond motifs is 3. The third kappa shape index (κ3) is 1.35. The molecular weight excluding hydrogens is 200 g/mol. The lowest BCUT2D eigenvalue weighted by Gasteiger charge is -2.32. The van der Waals surface area contributed by atoms with Crippen molar-refractivity contribution in [3.05, 3.63) is 29.8 Å². The van der Waals surface area contributed by atoms with Gasteiger partial charge in [0.2, 0.25) is 0 Å². The number of hydrogen-bond donors (Lipinski definition) is 1. The first kappa shape index (κ1) is 9.85. The zero-order valence-electron chi connectivity index (χ0n) is 9.23. The molecule has 2 aliphatic heterocycles. The molecule has 0 radical (unpaired) electrons. The Balaban J connectivity index is 2.02. The fraction of sp³-hybridized carbons (Fsp3) is 0.462. The molecule has 3 nitrogen and oxygen atoms in total. The lowest BCUT2D eigenvalue weighted by Crippen LogP contribution is -2.44. The Morgan fingerprint density at radius 3 is 3.19 bits per heavy atom. The summed E-state index contributed by atoms with van der Waals surface area (Å²) in [5.74, 6) is 0.560. The van der Waals surface area contributed by atoms with Crippen LogP contribution in [0.25, 0.3) is 0 Å². The second-order valence-corrected chi connectivity index (χ2v) is 4.54. The van der Waals surface area contributed by atoms with Crippen LogP contribution < -0.4 is 10.2 Å². The molecule has 0 amide bonds. The van der Waals surface area contributed by atoms with Gasteiger partial charge in [0.1, 0.15) is 6.29 Å². The minimum absolute atomic E-state index is 0.517. The minimum Gasteiger partial charge on any atom is -0.361 e. The molecule has 1 aromatic rings. The molecule has 1 saturated heterocycles. The van der Waals surface area contributed by atoms with Gasteiger partial charge in [0, 0.05) is 24.2 Å². The number of piperidine rings is 1. The van der Waals surface area contributed by atoms with Crippen molar-refractivity contribution in [3.63, 3.8) is 0 Å². The smallest absolute Gasteiger partial charge is 0.139 e. The van der Waals surface area contributed by atoms with E-state index in [0.29, 0.717) is 18.5 Å². The maximum Gasteiger partial charge on any atom is 0.139 e. The average molecular weight is 216 g/mol. The van der Waals surface area contributed by atoms with Crippen molar-refractivity contribution in [2.24, 2.45) is 0 Å². The van der Waals surface area contributed by atoms with Crippen molar-refractivity contribution in [1.82, 2.24) is 5.32 Å². The van der Waals surface area contributed by atoms with Crippen molar-refractivity contribution >= 4 is 12.0 Å². The Hall–Kier alpha value is -1.35. The molecule has 2 aliphatic rings. The highest BCUT2D eigenvalue weighted by Gasteiger charge is 2.38. The van der Waals surface area contributed by atoms with Gasteiger partial charge in [-0.25, -0.2) is 0 Å². The molecule has 3 heteroatoms. The van der Waals surface area contributed by atoms with E-state index >= 15 is 0 Å². The second-order valence-electron chi connectivity index (χ2n) is 4.54. The third-order valence-electron chi connectivity index (χ3n) is 3.76. The van der Waals surface area contributed by atoms with E-state index < -0.39 is 0 Å². The van der Waals surface area contributed by atoms with Gasteiger partial charge < -0.3 is 15.0 Å². The summed E-state index contributed by atoms with van der Waals surface area (Å²) in [5.41, 5.74) is 2.66. The van der Waals surface area contributed by atoms with Crippen LogP contribution in [0.15, 0.2) is 24.3 Å². The first-order chi connectivity index (χ1) is 7.92. The lowest BCUT2D eigenvalue weighted by atomic mass is 9.90. The first-order valence-electron chi connectivity index (χ1n) is 5.91. The lowest BCUT2D eigenvalue weighted by molar-refractivity contribution is -0.106. The van der Waals surface area contributed by atoms with Crippen LogP contribution in [0.5, 0.6) is 0 Å². The normalized spacial score (nSPS) is 27.4. The zero-order chi connectivity index (χ0) is 11.0. The number of rotatable bonds is 2. The van der Waals surface area contributed by atoms with E-state index in [1.807, 2.05) is 0 Å². The summed E-state index contributed by atoms with van der Waals surface area (Å²) in [6.07, 6.45) is 2.15. The molecule has 16 heavy (non-hydrogen) atoms. The number of benzene rings is 1. The molecule has 2 atom stereocenters. The molecule has 84 valence electrons. The van der Waals surface area contributed by atoms with Crippen molar-refractivity contribution in [3.8, 4) is 0 Å². The van der Waals surface area contributed by atoms with Gasteiger partial charge in [0.05, 0.1) is 6.54 Å². The maximum absolute atomic E-state index is 10.8. The predicted octanol–water partition coefficient (Wildman–Crippen LogP) is 1.15. The SMILES string of the molecule is O=CCN1c2ccccc2[C@@H]2CNCC[C@@H]21. The number of para-hydroxylation sites is 1. The maximum atomic E-state index is 10.8. The Morgan fingerprint density at radius 2 is 2.31 bits per heavy atom. The largest absolute Gasteiger partial charge is 0.361 e. The quantitative estimate of drug-likeness (QED) is 0.753.